The molecule has 5 nitrogen and oxygen atoms in total. The SMILES string of the molecule is CCOc1ccc2nc(N(CCN(CC)CC)C(=O)CCCSc3ccc(Cl)cc3)sc2c1. The van der Waals surface area contributed by atoms with Gasteiger partial charge in [-0.25, -0.2) is 4.98 Å². The molecule has 0 aliphatic rings. The monoisotopic (exact) mass is 505 g/mol. The summed E-state index contributed by atoms with van der Waals surface area (Å²) in [5, 5.41) is 1.50. The minimum atomic E-state index is 0.128. The molecule has 0 saturated carbocycles. The molecule has 3 aromatic rings. The van der Waals surface area contributed by atoms with E-state index in [0.29, 0.717) is 19.6 Å². The summed E-state index contributed by atoms with van der Waals surface area (Å²) in [5.41, 5.74) is 0.900. The lowest BCUT2D eigenvalue weighted by molar-refractivity contribution is -0.118. The van der Waals surface area contributed by atoms with E-state index < -0.39 is 0 Å². The number of ether oxygens (including phenoxy) is 1. The molecule has 3 rings (SSSR count). The van der Waals surface area contributed by atoms with Gasteiger partial charge in [-0.1, -0.05) is 36.8 Å². The van der Waals surface area contributed by atoms with E-state index >= 15 is 0 Å². The highest BCUT2D eigenvalue weighted by Gasteiger charge is 2.20. The van der Waals surface area contributed by atoms with E-state index in [-0.39, 0.29) is 5.91 Å². The predicted octanol–water partition coefficient (Wildman–Crippen LogP) is 6.60. The van der Waals surface area contributed by atoms with E-state index in [1.165, 1.54) is 4.90 Å². The Hall–Kier alpha value is -1.80. The molecule has 0 N–H and O–H groups in total. The van der Waals surface area contributed by atoms with Crippen molar-refractivity contribution < 1.29 is 9.53 Å². The molecule has 178 valence electrons. The highest BCUT2D eigenvalue weighted by atomic mass is 35.5. The fraction of sp³-hybridized carbons (Fsp3) is 0.440. The van der Waals surface area contributed by atoms with Gasteiger partial charge in [0.05, 0.1) is 16.8 Å². The lowest BCUT2D eigenvalue weighted by Crippen LogP contribution is -2.38. The van der Waals surface area contributed by atoms with E-state index in [1.807, 2.05) is 54.3 Å². The average Bonchev–Trinajstić information content (AvgIpc) is 3.24. The van der Waals surface area contributed by atoms with Crippen LogP contribution in [0.2, 0.25) is 5.02 Å². The topological polar surface area (TPSA) is 45.7 Å². The minimum Gasteiger partial charge on any atom is -0.494 e. The van der Waals surface area contributed by atoms with Crippen LogP contribution in [0.3, 0.4) is 0 Å². The molecule has 0 atom stereocenters. The van der Waals surface area contributed by atoms with Crippen LogP contribution in [-0.2, 0) is 4.79 Å². The van der Waals surface area contributed by atoms with Crippen molar-refractivity contribution in [1.82, 2.24) is 9.88 Å². The molecule has 1 heterocycles. The van der Waals surface area contributed by atoms with Gasteiger partial charge in [-0.3, -0.25) is 9.69 Å². The highest BCUT2D eigenvalue weighted by Crippen LogP contribution is 2.32. The maximum Gasteiger partial charge on any atom is 0.228 e. The van der Waals surface area contributed by atoms with Gasteiger partial charge in [-0.05, 0) is 74.7 Å². The number of halogens is 1. The number of anilines is 1. The molecule has 33 heavy (non-hydrogen) atoms. The molecule has 0 aliphatic heterocycles. The van der Waals surface area contributed by atoms with Crippen LogP contribution in [0.4, 0.5) is 5.13 Å². The zero-order chi connectivity index (χ0) is 23.6. The Labute approximate surface area is 210 Å². The van der Waals surface area contributed by atoms with Crippen molar-refractivity contribution in [2.45, 2.75) is 38.5 Å². The van der Waals surface area contributed by atoms with E-state index in [0.717, 1.165) is 57.9 Å². The van der Waals surface area contributed by atoms with Gasteiger partial charge in [0.15, 0.2) is 5.13 Å². The van der Waals surface area contributed by atoms with Crippen LogP contribution in [0.25, 0.3) is 10.2 Å². The van der Waals surface area contributed by atoms with Gasteiger partial charge in [0.25, 0.3) is 0 Å². The number of rotatable bonds is 13. The van der Waals surface area contributed by atoms with Crippen LogP contribution in [0.1, 0.15) is 33.6 Å². The lowest BCUT2D eigenvalue weighted by Gasteiger charge is -2.24. The lowest BCUT2D eigenvalue weighted by atomic mass is 10.3. The van der Waals surface area contributed by atoms with Crippen molar-refractivity contribution in [2.75, 3.05) is 43.4 Å². The molecule has 0 unspecified atom stereocenters. The molecule has 0 aliphatic carbocycles. The van der Waals surface area contributed by atoms with E-state index in [1.54, 1.807) is 23.1 Å². The maximum atomic E-state index is 13.3. The molecule has 8 heteroatoms. The number of nitrogens with zero attached hydrogens (tertiary/aromatic N) is 3. The fourth-order valence-corrected chi connectivity index (χ4v) is 5.47. The molecule has 0 fully saturated rings. The van der Waals surface area contributed by atoms with Crippen molar-refractivity contribution in [2.24, 2.45) is 0 Å². The summed E-state index contributed by atoms with van der Waals surface area (Å²) in [7, 11) is 0. The zero-order valence-corrected chi connectivity index (χ0v) is 21.9. The summed E-state index contributed by atoms with van der Waals surface area (Å²) in [4.78, 5) is 23.4. The van der Waals surface area contributed by atoms with Crippen molar-refractivity contribution in [3.05, 3.63) is 47.5 Å². The highest BCUT2D eigenvalue weighted by molar-refractivity contribution is 7.99. The Morgan fingerprint density at radius 3 is 2.55 bits per heavy atom. The summed E-state index contributed by atoms with van der Waals surface area (Å²) < 4.78 is 6.67. The Morgan fingerprint density at radius 1 is 1.09 bits per heavy atom. The van der Waals surface area contributed by atoms with Crippen LogP contribution >= 0.6 is 34.7 Å². The van der Waals surface area contributed by atoms with E-state index in [9.17, 15) is 4.79 Å². The van der Waals surface area contributed by atoms with Crippen LogP contribution in [0, 0.1) is 0 Å². The summed E-state index contributed by atoms with van der Waals surface area (Å²) in [6, 6.07) is 13.7. The maximum absolute atomic E-state index is 13.3. The van der Waals surface area contributed by atoms with Crippen molar-refractivity contribution in [3.8, 4) is 5.75 Å². The number of fused-ring (bicyclic) bond motifs is 1. The quantitative estimate of drug-likeness (QED) is 0.193. The number of hydrogen-bond acceptors (Lipinski definition) is 6. The number of benzene rings is 2. The van der Waals surface area contributed by atoms with Gasteiger partial charge in [-0.2, -0.15) is 0 Å². The summed E-state index contributed by atoms with van der Waals surface area (Å²) in [6.07, 6.45) is 1.31. The molecule has 0 spiro atoms. The molecule has 2 aromatic carbocycles. The van der Waals surface area contributed by atoms with Crippen molar-refractivity contribution in [3.63, 3.8) is 0 Å². The Kier molecular flexibility index (Phi) is 10.3. The van der Waals surface area contributed by atoms with Gasteiger partial charge in [0, 0.05) is 29.4 Å². The molecule has 1 aromatic heterocycles. The van der Waals surface area contributed by atoms with Gasteiger partial charge >= 0.3 is 0 Å². The van der Waals surface area contributed by atoms with Crippen LogP contribution in [0.15, 0.2) is 47.4 Å². The summed E-state index contributed by atoms with van der Waals surface area (Å²) in [6.45, 7) is 10.3. The third-order valence-electron chi connectivity index (χ3n) is 5.34. The number of carbonyl (C=O) groups is 1. The second-order valence-electron chi connectivity index (χ2n) is 7.54. The number of hydrogen-bond donors (Lipinski definition) is 0. The standard InChI is InChI=1S/C25H32ClN3O2S2/c1-4-28(5-2)15-16-29(24(30)8-7-17-32-21-12-9-19(26)10-13-21)25-27-22-14-11-20(31-6-3)18-23(22)33-25/h9-14,18H,4-8,15-17H2,1-3H3. The molecule has 0 saturated heterocycles. The normalized spacial score (nSPS) is 11.3. The second-order valence-corrected chi connectivity index (χ2v) is 10.2. The summed E-state index contributed by atoms with van der Waals surface area (Å²) in [5.74, 6) is 1.85. The van der Waals surface area contributed by atoms with Crippen molar-refractivity contribution >= 4 is 56.0 Å². The first-order valence-electron chi connectivity index (χ1n) is 11.5. The van der Waals surface area contributed by atoms with Gasteiger partial charge in [-0.15, -0.1) is 11.8 Å². The first kappa shape index (κ1) is 25.8. The molecule has 0 radical (unpaired) electrons. The third-order valence-corrected chi connectivity index (χ3v) is 7.73. The number of thiazole rings is 1. The van der Waals surface area contributed by atoms with Crippen LogP contribution in [0.5, 0.6) is 5.75 Å². The number of likely N-dealkylation sites (N-methyl/N-ethyl adjacent to an activating group) is 1. The minimum absolute atomic E-state index is 0.128. The van der Waals surface area contributed by atoms with Crippen LogP contribution < -0.4 is 9.64 Å². The largest absolute Gasteiger partial charge is 0.494 e. The van der Waals surface area contributed by atoms with Gasteiger partial charge in [0.2, 0.25) is 5.91 Å². The zero-order valence-electron chi connectivity index (χ0n) is 19.6. The number of carbonyl (C=O) groups excluding carboxylic acids is 1. The third kappa shape index (κ3) is 7.60. The number of aromatic nitrogens is 1. The Balaban J connectivity index is 1.68. The second kappa shape index (κ2) is 13.2. The van der Waals surface area contributed by atoms with Gasteiger partial charge < -0.3 is 9.64 Å². The molecule has 1 amide bonds. The molecular formula is C25H32ClN3O2S2. The van der Waals surface area contributed by atoms with Crippen molar-refractivity contribution in [1.29, 1.82) is 0 Å². The molecular weight excluding hydrogens is 474 g/mol. The fourth-order valence-electron chi connectivity index (χ4n) is 3.45. The number of thioether (sulfide) groups is 1. The summed E-state index contributed by atoms with van der Waals surface area (Å²) >= 11 is 9.26. The predicted molar refractivity (Wildman–Crippen MR) is 142 cm³/mol. The van der Waals surface area contributed by atoms with E-state index in [2.05, 4.69) is 18.7 Å². The Bertz CT molecular complexity index is 1020. The Morgan fingerprint density at radius 2 is 1.85 bits per heavy atom. The first-order valence-corrected chi connectivity index (χ1v) is 13.7. The number of amides is 1. The van der Waals surface area contributed by atoms with Gasteiger partial charge in [0.1, 0.15) is 5.75 Å². The van der Waals surface area contributed by atoms with Crippen LogP contribution in [-0.4, -0.2) is 54.3 Å². The smallest absolute Gasteiger partial charge is 0.228 e. The molecule has 0 bridgehead atoms. The first-order chi connectivity index (χ1) is 16.0. The van der Waals surface area contributed by atoms with E-state index in [4.69, 9.17) is 21.3 Å². The average molecular weight is 506 g/mol.